The number of hydrogen-bond acceptors (Lipinski definition) is 3. The average molecular weight is 293 g/mol. The van der Waals surface area contributed by atoms with Crippen LogP contribution in [0.15, 0.2) is 18.2 Å². The Morgan fingerprint density at radius 1 is 1.00 bits per heavy atom. The minimum Gasteiger partial charge on any atom is -0.493 e. The lowest BCUT2D eigenvalue weighted by Gasteiger charge is -2.16. The molecular formula is C18H31NO2. The SMILES string of the molecule is CCCCCOc1cc(OCCC)ccc1CC(N)CC. The summed E-state index contributed by atoms with van der Waals surface area (Å²) in [6, 6.07) is 6.31. The molecule has 120 valence electrons. The van der Waals surface area contributed by atoms with Crippen LogP contribution in [0.2, 0.25) is 0 Å². The van der Waals surface area contributed by atoms with Gasteiger partial charge in [-0.2, -0.15) is 0 Å². The number of nitrogens with two attached hydrogens (primary N) is 1. The zero-order chi connectivity index (χ0) is 15.5. The molecule has 0 aliphatic rings. The predicted molar refractivity (Wildman–Crippen MR) is 89.2 cm³/mol. The molecule has 3 nitrogen and oxygen atoms in total. The van der Waals surface area contributed by atoms with Crippen LogP contribution in [0.25, 0.3) is 0 Å². The van der Waals surface area contributed by atoms with Gasteiger partial charge in [-0.1, -0.05) is 39.7 Å². The van der Waals surface area contributed by atoms with E-state index in [2.05, 4.69) is 26.8 Å². The maximum atomic E-state index is 6.08. The zero-order valence-corrected chi connectivity index (χ0v) is 13.9. The fourth-order valence-corrected chi connectivity index (χ4v) is 2.11. The van der Waals surface area contributed by atoms with Crippen LogP contribution < -0.4 is 15.2 Å². The van der Waals surface area contributed by atoms with Crippen molar-refractivity contribution in [3.63, 3.8) is 0 Å². The second-order valence-corrected chi connectivity index (χ2v) is 5.55. The van der Waals surface area contributed by atoms with Gasteiger partial charge in [0.2, 0.25) is 0 Å². The zero-order valence-electron chi connectivity index (χ0n) is 13.9. The van der Waals surface area contributed by atoms with Crippen LogP contribution in [0, 0.1) is 0 Å². The van der Waals surface area contributed by atoms with Gasteiger partial charge >= 0.3 is 0 Å². The van der Waals surface area contributed by atoms with Crippen LogP contribution in [0.3, 0.4) is 0 Å². The van der Waals surface area contributed by atoms with Gasteiger partial charge in [0.15, 0.2) is 0 Å². The normalized spacial score (nSPS) is 12.2. The molecule has 0 saturated heterocycles. The highest BCUT2D eigenvalue weighted by atomic mass is 16.5. The third kappa shape index (κ3) is 6.85. The minimum absolute atomic E-state index is 0.186. The van der Waals surface area contributed by atoms with E-state index in [0.717, 1.165) is 50.4 Å². The quantitative estimate of drug-likeness (QED) is 0.618. The van der Waals surface area contributed by atoms with E-state index in [4.69, 9.17) is 15.2 Å². The molecule has 0 bridgehead atoms. The number of unbranched alkanes of at least 4 members (excludes halogenated alkanes) is 2. The van der Waals surface area contributed by atoms with E-state index in [-0.39, 0.29) is 6.04 Å². The largest absolute Gasteiger partial charge is 0.493 e. The molecule has 1 aromatic carbocycles. The van der Waals surface area contributed by atoms with Crippen molar-refractivity contribution in [3.8, 4) is 11.5 Å². The molecule has 2 N–H and O–H groups in total. The highest BCUT2D eigenvalue weighted by Crippen LogP contribution is 2.27. The molecule has 1 unspecified atom stereocenters. The molecule has 0 aromatic heterocycles. The summed E-state index contributed by atoms with van der Waals surface area (Å²) < 4.78 is 11.7. The fraction of sp³-hybridized carbons (Fsp3) is 0.667. The first-order valence-corrected chi connectivity index (χ1v) is 8.35. The van der Waals surface area contributed by atoms with Crippen LogP contribution in [-0.2, 0) is 6.42 Å². The van der Waals surface area contributed by atoms with E-state index < -0.39 is 0 Å². The minimum atomic E-state index is 0.186. The van der Waals surface area contributed by atoms with Gasteiger partial charge in [-0.15, -0.1) is 0 Å². The molecule has 0 radical (unpaired) electrons. The van der Waals surface area contributed by atoms with E-state index in [1.807, 2.05) is 12.1 Å². The number of benzene rings is 1. The van der Waals surface area contributed by atoms with Crippen molar-refractivity contribution >= 4 is 0 Å². The number of hydrogen-bond donors (Lipinski definition) is 1. The Kier molecular flexibility index (Phi) is 8.91. The maximum absolute atomic E-state index is 6.08. The van der Waals surface area contributed by atoms with E-state index in [9.17, 15) is 0 Å². The summed E-state index contributed by atoms with van der Waals surface area (Å²) in [6.45, 7) is 7.93. The third-order valence-electron chi connectivity index (χ3n) is 3.52. The lowest BCUT2D eigenvalue weighted by molar-refractivity contribution is 0.292. The van der Waals surface area contributed by atoms with Crippen LogP contribution >= 0.6 is 0 Å². The summed E-state index contributed by atoms with van der Waals surface area (Å²) in [4.78, 5) is 0. The Bertz CT molecular complexity index is 393. The van der Waals surface area contributed by atoms with Gasteiger partial charge in [-0.3, -0.25) is 0 Å². The second kappa shape index (κ2) is 10.5. The lowest BCUT2D eigenvalue weighted by atomic mass is 10.0. The molecule has 0 spiro atoms. The molecule has 21 heavy (non-hydrogen) atoms. The van der Waals surface area contributed by atoms with Crippen LogP contribution in [0.4, 0.5) is 0 Å². The van der Waals surface area contributed by atoms with E-state index in [1.165, 1.54) is 18.4 Å². The molecule has 0 aliphatic heterocycles. The highest BCUT2D eigenvalue weighted by Gasteiger charge is 2.10. The summed E-state index contributed by atoms with van der Waals surface area (Å²) in [6.07, 6.45) is 6.34. The monoisotopic (exact) mass is 293 g/mol. The number of ether oxygens (including phenoxy) is 2. The van der Waals surface area contributed by atoms with E-state index in [1.54, 1.807) is 0 Å². The fourth-order valence-electron chi connectivity index (χ4n) is 2.11. The molecule has 0 fully saturated rings. The highest BCUT2D eigenvalue weighted by molar-refractivity contribution is 5.41. The van der Waals surface area contributed by atoms with Gasteiger partial charge in [0.1, 0.15) is 11.5 Å². The molecule has 3 heteroatoms. The first kappa shape index (κ1) is 17.8. The molecule has 0 saturated carbocycles. The van der Waals surface area contributed by atoms with Crippen molar-refractivity contribution in [1.29, 1.82) is 0 Å². The summed E-state index contributed by atoms with van der Waals surface area (Å²) in [5, 5.41) is 0. The maximum Gasteiger partial charge on any atom is 0.126 e. The predicted octanol–water partition coefficient (Wildman–Crippen LogP) is 4.32. The molecule has 0 amide bonds. The Hall–Kier alpha value is -1.22. The summed E-state index contributed by atoms with van der Waals surface area (Å²) in [7, 11) is 0. The lowest BCUT2D eigenvalue weighted by Crippen LogP contribution is -2.21. The first-order chi connectivity index (χ1) is 10.2. The second-order valence-electron chi connectivity index (χ2n) is 5.55. The van der Waals surface area contributed by atoms with Gasteiger partial charge in [0.25, 0.3) is 0 Å². The molecular weight excluding hydrogens is 262 g/mol. The van der Waals surface area contributed by atoms with Gasteiger partial charge in [-0.25, -0.2) is 0 Å². The van der Waals surface area contributed by atoms with Crippen molar-refractivity contribution in [2.24, 2.45) is 5.73 Å². The van der Waals surface area contributed by atoms with Gasteiger partial charge in [0.05, 0.1) is 13.2 Å². The van der Waals surface area contributed by atoms with Crippen LogP contribution in [0.1, 0.15) is 58.4 Å². The summed E-state index contributed by atoms with van der Waals surface area (Å²) in [5.74, 6) is 1.82. The molecule has 1 aromatic rings. The Balaban J connectivity index is 2.74. The third-order valence-corrected chi connectivity index (χ3v) is 3.52. The number of rotatable bonds is 11. The van der Waals surface area contributed by atoms with E-state index >= 15 is 0 Å². The smallest absolute Gasteiger partial charge is 0.126 e. The standard InChI is InChI=1S/C18H31NO2/c1-4-7-8-12-21-18-14-17(20-11-5-2)10-9-15(18)13-16(19)6-3/h9-10,14,16H,4-8,11-13,19H2,1-3H3. The van der Waals surface area contributed by atoms with Gasteiger partial charge in [0, 0.05) is 12.1 Å². The first-order valence-electron chi connectivity index (χ1n) is 8.35. The van der Waals surface area contributed by atoms with Crippen molar-refractivity contribution < 1.29 is 9.47 Å². The van der Waals surface area contributed by atoms with Crippen LogP contribution in [0.5, 0.6) is 11.5 Å². The summed E-state index contributed by atoms with van der Waals surface area (Å²) >= 11 is 0. The van der Waals surface area contributed by atoms with Crippen molar-refractivity contribution in [1.82, 2.24) is 0 Å². The Morgan fingerprint density at radius 3 is 2.48 bits per heavy atom. The topological polar surface area (TPSA) is 44.5 Å². The van der Waals surface area contributed by atoms with Crippen molar-refractivity contribution in [2.75, 3.05) is 13.2 Å². The molecule has 1 rings (SSSR count). The van der Waals surface area contributed by atoms with Crippen molar-refractivity contribution in [3.05, 3.63) is 23.8 Å². The molecule has 1 atom stereocenters. The Morgan fingerprint density at radius 2 is 1.81 bits per heavy atom. The van der Waals surface area contributed by atoms with Crippen molar-refractivity contribution in [2.45, 2.75) is 65.3 Å². The molecule has 0 heterocycles. The average Bonchev–Trinajstić information content (AvgIpc) is 2.51. The van der Waals surface area contributed by atoms with E-state index in [0.29, 0.717) is 0 Å². The van der Waals surface area contributed by atoms with Crippen LogP contribution in [-0.4, -0.2) is 19.3 Å². The molecule has 0 aliphatic carbocycles. The van der Waals surface area contributed by atoms with Gasteiger partial charge < -0.3 is 15.2 Å². The Labute approximate surface area is 129 Å². The van der Waals surface area contributed by atoms with Gasteiger partial charge in [-0.05, 0) is 37.3 Å². The summed E-state index contributed by atoms with van der Waals surface area (Å²) in [5.41, 5.74) is 7.27.